The Hall–Kier alpha value is -4.26. The number of carbonyl (C=O) groups is 1. The van der Waals surface area contributed by atoms with Crippen LogP contribution < -0.4 is 10.1 Å². The largest absolute Gasteiger partial charge is 0.496 e. The van der Waals surface area contributed by atoms with Gasteiger partial charge >= 0.3 is 0 Å². The number of nitrogens with zero attached hydrogens (tertiary/aromatic N) is 4. The molecule has 4 aromatic rings. The highest BCUT2D eigenvalue weighted by atomic mass is 16.5. The zero-order valence-electron chi connectivity index (χ0n) is 17.0. The molecular weight excluding hydrogens is 390 g/mol. The molecule has 7 heteroatoms. The number of allylic oxidation sites excluding steroid dienone is 1. The molecule has 0 bridgehead atoms. The lowest BCUT2D eigenvalue weighted by Gasteiger charge is -2.09. The van der Waals surface area contributed by atoms with Gasteiger partial charge in [0.2, 0.25) is 5.95 Å². The summed E-state index contributed by atoms with van der Waals surface area (Å²) in [5, 5.41) is 7.63. The van der Waals surface area contributed by atoms with Gasteiger partial charge in [0.1, 0.15) is 5.75 Å². The average molecular weight is 411 g/mol. The maximum atomic E-state index is 12.9. The normalized spacial score (nSPS) is 10.9. The summed E-state index contributed by atoms with van der Waals surface area (Å²) in [6.07, 6.45) is 6.56. The quantitative estimate of drug-likeness (QED) is 0.456. The Bertz CT molecular complexity index is 1190. The number of pyridine rings is 1. The number of anilines is 1. The molecule has 0 amide bonds. The molecule has 31 heavy (non-hydrogen) atoms. The lowest BCUT2D eigenvalue weighted by atomic mass is 10.2. The Labute approximate surface area is 180 Å². The number of rotatable bonds is 7. The first-order valence-corrected chi connectivity index (χ1v) is 9.75. The van der Waals surface area contributed by atoms with Crippen LogP contribution in [-0.4, -0.2) is 32.8 Å². The lowest BCUT2D eigenvalue weighted by Crippen LogP contribution is -2.14. The van der Waals surface area contributed by atoms with Crippen molar-refractivity contribution in [1.82, 2.24) is 19.7 Å². The Balaban J connectivity index is 1.63. The van der Waals surface area contributed by atoms with E-state index in [9.17, 15) is 4.79 Å². The lowest BCUT2D eigenvalue weighted by molar-refractivity contribution is 0.0957. The minimum Gasteiger partial charge on any atom is -0.496 e. The first-order valence-electron chi connectivity index (χ1n) is 9.75. The maximum absolute atomic E-state index is 12.9. The molecule has 4 rings (SSSR count). The molecule has 0 saturated heterocycles. The zero-order valence-corrected chi connectivity index (χ0v) is 17.0. The summed E-state index contributed by atoms with van der Waals surface area (Å²) in [5.41, 5.74) is 2.59. The smallest absolute Gasteiger partial charge is 0.274 e. The Morgan fingerprint density at radius 3 is 2.65 bits per heavy atom. The van der Waals surface area contributed by atoms with Crippen molar-refractivity contribution in [1.29, 1.82) is 0 Å². The Kier molecular flexibility index (Phi) is 6.13. The highest BCUT2D eigenvalue weighted by Gasteiger charge is 2.16. The second-order valence-corrected chi connectivity index (χ2v) is 6.66. The van der Waals surface area contributed by atoms with Crippen molar-refractivity contribution in [3.8, 4) is 17.1 Å². The number of hydrogen-bond donors (Lipinski definition) is 1. The number of methoxy groups -OCH3 is 1. The van der Waals surface area contributed by atoms with Crippen LogP contribution in [0.5, 0.6) is 5.75 Å². The molecule has 0 atom stereocenters. The highest BCUT2D eigenvalue weighted by molar-refractivity contribution is 5.94. The second-order valence-electron chi connectivity index (χ2n) is 6.66. The Morgan fingerprint density at radius 2 is 1.87 bits per heavy atom. The van der Waals surface area contributed by atoms with Gasteiger partial charge in [-0.3, -0.25) is 9.78 Å². The molecular formula is C24H21N5O2. The minimum atomic E-state index is -0.311. The number of carbonyl (C=O) groups excluding carboxylic acids is 1. The van der Waals surface area contributed by atoms with Crippen molar-refractivity contribution < 1.29 is 9.53 Å². The van der Waals surface area contributed by atoms with Crippen molar-refractivity contribution in [3.63, 3.8) is 0 Å². The number of hydrogen-bond acceptors (Lipinski definition) is 6. The summed E-state index contributed by atoms with van der Waals surface area (Å²) in [6, 6.07) is 20.9. The van der Waals surface area contributed by atoms with Crippen LogP contribution >= 0.6 is 0 Å². The molecule has 1 N–H and O–H groups in total. The van der Waals surface area contributed by atoms with Crippen molar-refractivity contribution in [2.75, 3.05) is 12.4 Å². The zero-order chi connectivity index (χ0) is 21.5. The van der Waals surface area contributed by atoms with Gasteiger partial charge in [-0.2, -0.15) is 9.67 Å². The molecule has 154 valence electrons. The number of benzene rings is 2. The summed E-state index contributed by atoms with van der Waals surface area (Å²) < 4.78 is 6.67. The summed E-state index contributed by atoms with van der Waals surface area (Å²) in [6.45, 7) is 0.421. The molecule has 0 unspecified atom stereocenters. The van der Waals surface area contributed by atoms with E-state index in [0.717, 1.165) is 22.4 Å². The predicted molar refractivity (Wildman–Crippen MR) is 120 cm³/mol. The third-order valence-electron chi connectivity index (χ3n) is 4.58. The van der Waals surface area contributed by atoms with Gasteiger partial charge in [-0.05, 0) is 29.8 Å². The van der Waals surface area contributed by atoms with E-state index in [1.54, 1.807) is 31.6 Å². The van der Waals surface area contributed by atoms with Gasteiger partial charge in [-0.1, -0.05) is 48.5 Å². The SMILES string of the molecule is COc1ccccc1CNc1nc(-c2cccnc2)nn1C(=O)C=Cc1ccccc1. The van der Waals surface area contributed by atoms with E-state index < -0.39 is 0 Å². The first-order chi connectivity index (χ1) is 15.2. The fourth-order valence-electron chi connectivity index (χ4n) is 3.02. The fraction of sp³-hybridized carbons (Fsp3) is 0.0833. The monoisotopic (exact) mass is 411 g/mol. The summed E-state index contributed by atoms with van der Waals surface area (Å²) in [4.78, 5) is 21.6. The van der Waals surface area contributed by atoms with Crippen molar-refractivity contribution >= 4 is 17.9 Å². The third-order valence-corrected chi connectivity index (χ3v) is 4.58. The van der Waals surface area contributed by atoms with Gasteiger partial charge in [0.15, 0.2) is 5.82 Å². The van der Waals surface area contributed by atoms with Crippen LogP contribution in [-0.2, 0) is 6.54 Å². The van der Waals surface area contributed by atoms with E-state index in [-0.39, 0.29) is 5.91 Å². The standard InChI is InChI=1S/C24H21N5O2/c1-31-21-12-6-5-10-19(21)17-26-24-27-23(20-11-7-15-25-16-20)28-29(24)22(30)14-13-18-8-3-2-4-9-18/h2-16H,17H2,1H3,(H,26,27,28). The second kappa shape index (κ2) is 9.49. The maximum Gasteiger partial charge on any atom is 0.274 e. The van der Waals surface area contributed by atoms with Crippen LogP contribution in [0, 0.1) is 0 Å². The van der Waals surface area contributed by atoms with Crippen LogP contribution in [0.3, 0.4) is 0 Å². The van der Waals surface area contributed by atoms with Crippen molar-refractivity contribution in [2.45, 2.75) is 6.54 Å². The molecule has 0 spiro atoms. The van der Waals surface area contributed by atoms with Gasteiger partial charge in [0, 0.05) is 36.1 Å². The molecule has 7 nitrogen and oxygen atoms in total. The summed E-state index contributed by atoms with van der Waals surface area (Å²) in [7, 11) is 1.62. The van der Waals surface area contributed by atoms with E-state index in [2.05, 4.69) is 20.4 Å². The van der Waals surface area contributed by atoms with Gasteiger partial charge in [0.25, 0.3) is 5.91 Å². The van der Waals surface area contributed by atoms with Crippen LogP contribution in [0.15, 0.2) is 85.2 Å². The van der Waals surface area contributed by atoms with Crippen LogP contribution in [0.25, 0.3) is 17.5 Å². The van der Waals surface area contributed by atoms with Gasteiger partial charge in [-0.25, -0.2) is 0 Å². The topological polar surface area (TPSA) is 81.9 Å². The van der Waals surface area contributed by atoms with Crippen LogP contribution in [0.1, 0.15) is 15.9 Å². The number of para-hydroxylation sites is 1. The average Bonchev–Trinajstić information content (AvgIpc) is 3.27. The van der Waals surface area contributed by atoms with E-state index >= 15 is 0 Å². The fourth-order valence-corrected chi connectivity index (χ4v) is 3.02. The molecule has 0 aliphatic heterocycles. The van der Waals surface area contributed by atoms with E-state index in [0.29, 0.717) is 18.3 Å². The van der Waals surface area contributed by atoms with Crippen LogP contribution in [0.4, 0.5) is 5.95 Å². The van der Waals surface area contributed by atoms with E-state index in [4.69, 9.17) is 4.74 Å². The molecule has 2 aromatic heterocycles. The molecule has 0 saturated carbocycles. The van der Waals surface area contributed by atoms with Crippen molar-refractivity contribution in [3.05, 3.63) is 96.3 Å². The van der Waals surface area contributed by atoms with E-state index in [1.807, 2.05) is 60.7 Å². The number of nitrogens with one attached hydrogen (secondary N) is 1. The number of ether oxygens (including phenoxy) is 1. The molecule has 0 aliphatic carbocycles. The third kappa shape index (κ3) is 4.84. The predicted octanol–water partition coefficient (Wildman–Crippen LogP) is 4.31. The van der Waals surface area contributed by atoms with Crippen LogP contribution in [0.2, 0.25) is 0 Å². The van der Waals surface area contributed by atoms with E-state index in [1.165, 1.54) is 10.8 Å². The number of aromatic nitrogens is 4. The van der Waals surface area contributed by atoms with Gasteiger partial charge in [-0.15, -0.1) is 5.10 Å². The molecule has 2 aromatic carbocycles. The molecule has 0 radical (unpaired) electrons. The summed E-state index contributed by atoms with van der Waals surface area (Å²) in [5.74, 6) is 1.20. The highest BCUT2D eigenvalue weighted by Crippen LogP contribution is 2.21. The van der Waals surface area contributed by atoms with Crippen molar-refractivity contribution in [2.24, 2.45) is 0 Å². The summed E-state index contributed by atoms with van der Waals surface area (Å²) >= 11 is 0. The molecule has 0 aliphatic rings. The first kappa shape index (κ1) is 20.0. The molecule has 2 heterocycles. The minimum absolute atomic E-state index is 0.311. The van der Waals surface area contributed by atoms with Gasteiger partial charge in [0.05, 0.1) is 7.11 Å². The molecule has 0 fully saturated rings. The Morgan fingerprint density at radius 1 is 1.06 bits per heavy atom. The van der Waals surface area contributed by atoms with Gasteiger partial charge < -0.3 is 10.1 Å².